The maximum atomic E-state index is 14.1. The summed E-state index contributed by atoms with van der Waals surface area (Å²) in [7, 11) is 0. The fourth-order valence-electron chi connectivity index (χ4n) is 8.78. The number of likely N-dealkylation sites (tertiary alicyclic amines) is 1. The monoisotopic (exact) mass is 993 g/mol. The van der Waals surface area contributed by atoms with Gasteiger partial charge in [-0.25, -0.2) is 4.98 Å². The predicted octanol–water partition coefficient (Wildman–Crippen LogP) is 8.86. The van der Waals surface area contributed by atoms with E-state index < -0.39 is 29.5 Å². The molecule has 0 spiro atoms. The molecule has 13 nitrogen and oxygen atoms in total. The number of halogens is 1. The van der Waals surface area contributed by atoms with Crippen LogP contribution in [0.1, 0.15) is 44.9 Å². The van der Waals surface area contributed by atoms with Gasteiger partial charge in [-0.15, -0.1) is 22.7 Å². The molecule has 2 fully saturated rings. The van der Waals surface area contributed by atoms with Crippen LogP contribution in [0.4, 0.5) is 0 Å². The first-order valence-electron chi connectivity index (χ1n) is 23.4. The lowest BCUT2D eigenvalue weighted by Gasteiger charge is -2.35. The molecule has 0 unspecified atom stereocenters. The molecule has 3 atom stereocenters. The fraction of sp³-hybridized carbons (Fsp3) is 0.396. The number of rotatable bonds is 19. The highest BCUT2D eigenvalue weighted by molar-refractivity contribution is 7.22. The van der Waals surface area contributed by atoms with E-state index in [4.69, 9.17) is 25.8 Å². The molecule has 4 aromatic carbocycles. The molecule has 3 N–H and O–H groups in total. The number of ketones is 1. The van der Waals surface area contributed by atoms with Crippen molar-refractivity contribution in [2.75, 3.05) is 65.6 Å². The number of Topliss-reactive ketones (excluding diaryl/α,β-unsaturated/α-hetero) is 1. The van der Waals surface area contributed by atoms with Crippen molar-refractivity contribution < 1.29 is 38.8 Å². The lowest BCUT2D eigenvalue weighted by Crippen LogP contribution is -2.57. The van der Waals surface area contributed by atoms with Crippen LogP contribution in [0, 0.1) is 12.3 Å². The highest BCUT2D eigenvalue weighted by Gasteiger charge is 2.44. The summed E-state index contributed by atoms with van der Waals surface area (Å²) in [5, 5.41) is 25.2. The van der Waals surface area contributed by atoms with Crippen LogP contribution >= 0.6 is 34.3 Å². The Balaban J connectivity index is 0.734. The Hall–Kier alpha value is -5.39. The SMILES string of the molecule is Cc1ncsc1-c1ccc(CCC(=O)[C@@H]2C[C@@H](O)CN2C(=O)[C@@H](NC(=O)COCCN2CCN(CCOc3ccc(Oc4c(-c5ccc(Cl)cc5)sc5cc(O)ccc45)cc3)CC2)C(C)(C)C)cc1. The van der Waals surface area contributed by atoms with E-state index in [0.717, 1.165) is 86.4 Å². The number of carbonyl (C=O) groups is 3. The lowest BCUT2D eigenvalue weighted by atomic mass is 9.85. The van der Waals surface area contributed by atoms with Crippen LogP contribution < -0.4 is 14.8 Å². The van der Waals surface area contributed by atoms with E-state index >= 15 is 0 Å². The van der Waals surface area contributed by atoms with E-state index in [1.54, 1.807) is 34.8 Å². The van der Waals surface area contributed by atoms with Gasteiger partial charge in [0.05, 0.1) is 39.7 Å². The molecule has 0 saturated carbocycles. The minimum absolute atomic E-state index is 0.0402. The van der Waals surface area contributed by atoms with Crippen molar-refractivity contribution in [1.82, 2.24) is 25.0 Å². The number of aromatic hydroxyl groups is 1. The van der Waals surface area contributed by atoms with E-state index in [2.05, 4.69) is 20.1 Å². The Morgan fingerprint density at radius 2 is 1.52 bits per heavy atom. The Morgan fingerprint density at radius 1 is 0.870 bits per heavy atom. The second kappa shape index (κ2) is 22.6. The number of piperazine rings is 1. The summed E-state index contributed by atoms with van der Waals surface area (Å²) in [6.45, 7) is 13.3. The standard InChI is InChI=1S/C53H60ClN5O8S2/c1-34-49(68-33-55-34)36-8-5-35(6-9-36)7-20-45(62)44-29-40(61)31-59(44)52(64)51(53(2,3)4)56-47(63)32-65-27-25-57-21-23-58(24-22-57)26-28-66-41-15-17-42(18-16-41)67-48-43-19-14-39(60)30-46(43)69-50(48)37-10-12-38(54)13-11-37/h5-6,8-19,30,33,40,44,51,60-61H,7,20-29,31-32H2,1-4H3,(H,56,63)/t40-,44+,51-/m1/s1. The topological polar surface area (TPSA) is 154 Å². The van der Waals surface area contributed by atoms with Gasteiger partial charge in [0.1, 0.15) is 36.5 Å². The summed E-state index contributed by atoms with van der Waals surface area (Å²) in [6.07, 6.45) is 0.103. The summed E-state index contributed by atoms with van der Waals surface area (Å²) >= 11 is 9.31. The number of nitrogens with one attached hydrogen (secondary N) is 1. The molecule has 8 rings (SSSR count). The molecule has 6 aromatic rings. The number of amides is 2. The molecule has 0 aliphatic carbocycles. The van der Waals surface area contributed by atoms with Gasteiger partial charge >= 0.3 is 0 Å². The van der Waals surface area contributed by atoms with E-state index in [1.807, 2.05) is 112 Å². The number of aliphatic hydroxyl groups excluding tert-OH is 1. The number of hydrogen-bond donors (Lipinski definition) is 3. The number of phenols is 1. The molecule has 16 heteroatoms. The number of phenolic OH excluding ortho intramolecular Hbond substituents is 1. The van der Waals surface area contributed by atoms with Crippen molar-refractivity contribution in [3.8, 4) is 43.9 Å². The zero-order chi connectivity index (χ0) is 48.7. The van der Waals surface area contributed by atoms with Crippen LogP contribution in [0.2, 0.25) is 5.02 Å². The van der Waals surface area contributed by atoms with Gasteiger partial charge in [-0.3, -0.25) is 24.2 Å². The first-order valence-corrected chi connectivity index (χ1v) is 25.5. The number of β-amino-alcohol motifs (C(OH)–C–C–N with tert-alkyl or cyclic N) is 1. The van der Waals surface area contributed by atoms with Crippen molar-refractivity contribution in [3.63, 3.8) is 0 Å². The molecule has 364 valence electrons. The Bertz CT molecular complexity index is 2700. The van der Waals surface area contributed by atoms with Crippen LogP contribution in [-0.4, -0.2) is 131 Å². The fourth-order valence-corrected chi connectivity index (χ4v) is 10.9. The molecule has 0 bridgehead atoms. The molecule has 2 saturated heterocycles. The Labute approximate surface area is 416 Å². The van der Waals surface area contributed by atoms with Crippen molar-refractivity contribution in [2.45, 2.75) is 65.1 Å². The average molecular weight is 995 g/mol. The van der Waals surface area contributed by atoms with Crippen LogP contribution in [0.5, 0.6) is 23.0 Å². The van der Waals surface area contributed by atoms with Crippen molar-refractivity contribution in [1.29, 1.82) is 0 Å². The zero-order valence-electron chi connectivity index (χ0n) is 39.5. The average Bonchev–Trinajstić information content (AvgIpc) is 4.05. The van der Waals surface area contributed by atoms with Crippen molar-refractivity contribution in [3.05, 3.63) is 113 Å². The molecule has 69 heavy (non-hydrogen) atoms. The minimum Gasteiger partial charge on any atom is -0.508 e. The summed E-state index contributed by atoms with van der Waals surface area (Å²) < 4.78 is 19.3. The third-order valence-corrected chi connectivity index (χ3v) is 15.1. The van der Waals surface area contributed by atoms with Gasteiger partial charge in [-0.05, 0) is 90.0 Å². The van der Waals surface area contributed by atoms with Gasteiger partial charge in [0, 0.05) is 73.8 Å². The number of aromatic nitrogens is 1. The number of hydrogen-bond acceptors (Lipinski definition) is 13. The molecule has 2 aromatic heterocycles. The zero-order valence-corrected chi connectivity index (χ0v) is 41.9. The van der Waals surface area contributed by atoms with E-state index in [-0.39, 0.29) is 43.4 Å². The summed E-state index contributed by atoms with van der Waals surface area (Å²) in [6, 6.07) is 27.0. The molecule has 2 amide bonds. The number of ether oxygens (including phenoxy) is 3. The number of carbonyl (C=O) groups excluding carboxylic acids is 3. The van der Waals surface area contributed by atoms with Crippen molar-refractivity contribution >= 4 is 62.0 Å². The predicted molar refractivity (Wildman–Crippen MR) is 273 cm³/mol. The summed E-state index contributed by atoms with van der Waals surface area (Å²) in [5.74, 6) is 1.45. The van der Waals surface area contributed by atoms with Gasteiger partial charge < -0.3 is 34.6 Å². The number of thiazole rings is 1. The first-order chi connectivity index (χ1) is 33.2. The van der Waals surface area contributed by atoms with Crippen LogP contribution in [0.25, 0.3) is 31.0 Å². The first kappa shape index (κ1) is 50.0. The molecular formula is C53H60ClN5O8S2. The number of benzene rings is 4. The number of thiophene rings is 1. The molecule has 2 aliphatic heterocycles. The van der Waals surface area contributed by atoms with Gasteiger partial charge in [-0.1, -0.05) is 68.8 Å². The normalized spacial score (nSPS) is 17.3. The second-order valence-electron chi connectivity index (χ2n) is 18.8. The van der Waals surface area contributed by atoms with Gasteiger partial charge in [0.2, 0.25) is 11.8 Å². The number of fused-ring (bicyclic) bond motifs is 1. The number of aliphatic hydroxyl groups is 1. The second-order valence-corrected chi connectivity index (χ2v) is 21.1. The third-order valence-electron chi connectivity index (χ3n) is 12.7. The van der Waals surface area contributed by atoms with Crippen LogP contribution in [-0.2, 0) is 25.5 Å². The van der Waals surface area contributed by atoms with Crippen LogP contribution in [0.3, 0.4) is 0 Å². The van der Waals surface area contributed by atoms with Crippen LogP contribution in [0.15, 0.2) is 96.5 Å². The maximum absolute atomic E-state index is 14.1. The van der Waals surface area contributed by atoms with Gasteiger partial charge in [0.25, 0.3) is 0 Å². The number of nitrogens with zero attached hydrogens (tertiary/aromatic N) is 4. The van der Waals surface area contributed by atoms with E-state index in [1.165, 1.54) is 4.90 Å². The lowest BCUT2D eigenvalue weighted by molar-refractivity contribution is -0.144. The maximum Gasteiger partial charge on any atom is 0.246 e. The van der Waals surface area contributed by atoms with Crippen molar-refractivity contribution in [2.24, 2.45) is 5.41 Å². The third kappa shape index (κ3) is 12.9. The van der Waals surface area contributed by atoms with Gasteiger partial charge in [0.15, 0.2) is 11.5 Å². The molecule has 0 radical (unpaired) electrons. The highest BCUT2D eigenvalue weighted by atomic mass is 35.5. The van der Waals surface area contributed by atoms with Gasteiger partial charge in [-0.2, -0.15) is 0 Å². The molecule has 2 aliphatic rings. The van der Waals surface area contributed by atoms with E-state index in [0.29, 0.717) is 37.0 Å². The Morgan fingerprint density at radius 3 is 2.19 bits per heavy atom. The van der Waals surface area contributed by atoms with E-state index in [9.17, 15) is 24.6 Å². The minimum atomic E-state index is -0.910. The highest BCUT2D eigenvalue weighted by Crippen LogP contribution is 2.47. The number of aryl methyl sites for hydroxylation is 2. The quantitative estimate of drug-likeness (QED) is 0.0668. The summed E-state index contributed by atoms with van der Waals surface area (Å²) in [4.78, 5) is 53.4. The molecular weight excluding hydrogens is 934 g/mol. The Kier molecular flexibility index (Phi) is 16.4. The largest absolute Gasteiger partial charge is 0.508 e. The molecule has 4 heterocycles. The summed E-state index contributed by atoms with van der Waals surface area (Å²) in [5.41, 5.74) is 5.23. The smallest absolute Gasteiger partial charge is 0.246 e.